The van der Waals surface area contributed by atoms with Gasteiger partial charge in [-0.3, -0.25) is 4.90 Å². The first-order chi connectivity index (χ1) is 19.5. The molecule has 0 radical (unpaired) electrons. The van der Waals surface area contributed by atoms with E-state index in [4.69, 9.17) is 25.8 Å². The fourth-order valence-corrected chi connectivity index (χ4v) is 5.23. The Morgan fingerprint density at radius 2 is 1.68 bits per heavy atom. The molecule has 0 saturated carbocycles. The van der Waals surface area contributed by atoms with Gasteiger partial charge in [0.05, 0.1) is 24.4 Å². The van der Waals surface area contributed by atoms with Crippen molar-refractivity contribution in [2.75, 3.05) is 56.2 Å². The molecule has 5 rings (SSSR count). The lowest BCUT2D eigenvalue weighted by molar-refractivity contribution is 0.0240. The molecule has 2 aromatic carbocycles. The molecular weight excluding hydrogens is 551 g/mol. The summed E-state index contributed by atoms with van der Waals surface area (Å²) in [6.45, 7) is 8.40. The lowest BCUT2D eigenvalue weighted by Crippen LogP contribution is -2.50. The van der Waals surface area contributed by atoms with Gasteiger partial charge in [0.25, 0.3) is 0 Å². The lowest BCUT2D eigenvalue weighted by Gasteiger charge is -2.36. The van der Waals surface area contributed by atoms with Gasteiger partial charge in [-0.15, -0.1) is 0 Å². The third-order valence-electron chi connectivity index (χ3n) is 6.88. The van der Waals surface area contributed by atoms with Crippen LogP contribution >= 0.6 is 11.6 Å². The minimum absolute atomic E-state index is 0.297. The Morgan fingerprint density at radius 1 is 1.00 bits per heavy atom. The van der Waals surface area contributed by atoms with E-state index in [0.717, 1.165) is 5.56 Å². The highest BCUT2D eigenvalue weighted by Crippen LogP contribution is 2.42. The van der Waals surface area contributed by atoms with Crippen LogP contribution in [0.2, 0.25) is 5.02 Å². The summed E-state index contributed by atoms with van der Waals surface area (Å²) < 4.78 is 31.4. The molecule has 1 aromatic heterocycles. The largest absolute Gasteiger partial charge is 0.495 e. The number of rotatable bonds is 5. The van der Waals surface area contributed by atoms with Gasteiger partial charge in [0.1, 0.15) is 29.6 Å². The molecule has 11 heteroatoms. The number of halogens is 2. The van der Waals surface area contributed by atoms with Crippen molar-refractivity contribution >= 4 is 35.3 Å². The fraction of sp³-hybridized carbons (Fsp3) is 0.367. The molecule has 216 valence electrons. The number of pyridine rings is 1. The summed E-state index contributed by atoms with van der Waals surface area (Å²) in [5.41, 5.74) is 2.41. The minimum Gasteiger partial charge on any atom is -0.495 e. The number of anilines is 2. The molecule has 0 aliphatic carbocycles. The van der Waals surface area contributed by atoms with Gasteiger partial charge >= 0.3 is 12.2 Å². The Kier molecular flexibility index (Phi) is 7.95. The summed E-state index contributed by atoms with van der Waals surface area (Å²) in [5, 5.41) is 0.339. The number of carbonyl (C=O) groups is 2. The third kappa shape index (κ3) is 6.17. The average molecular weight is 583 g/mol. The van der Waals surface area contributed by atoms with Crippen LogP contribution in [0.3, 0.4) is 0 Å². The second kappa shape index (κ2) is 11.4. The van der Waals surface area contributed by atoms with Gasteiger partial charge in [-0.05, 0) is 68.3 Å². The number of carbonyl (C=O) groups excluding carboxylic acids is 2. The second-order valence-electron chi connectivity index (χ2n) is 10.8. The number of amides is 2. The Morgan fingerprint density at radius 3 is 2.27 bits per heavy atom. The van der Waals surface area contributed by atoms with Crippen molar-refractivity contribution in [2.45, 2.75) is 26.4 Å². The van der Waals surface area contributed by atoms with E-state index in [0.29, 0.717) is 78.3 Å². The predicted molar refractivity (Wildman–Crippen MR) is 155 cm³/mol. The first-order valence-electron chi connectivity index (χ1n) is 13.3. The van der Waals surface area contributed by atoms with Crippen LogP contribution in [0.4, 0.5) is 25.5 Å². The van der Waals surface area contributed by atoms with E-state index in [9.17, 15) is 9.59 Å². The van der Waals surface area contributed by atoms with Crippen LogP contribution in [0, 0.1) is 5.82 Å². The van der Waals surface area contributed by atoms with E-state index in [1.807, 2.05) is 26.8 Å². The fourth-order valence-electron chi connectivity index (χ4n) is 4.95. The van der Waals surface area contributed by atoms with Crippen molar-refractivity contribution in [2.24, 2.45) is 0 Å². The van der Waals surface area contributed by atoms with E-state index < -0.39 is 17.5 Å². The molecule has 9 nitrogen and oxygen atoms in total. The van der Waals surface area contributed by atoms with Crippen LogP contribution in [0.1, 0.15) is 20.8 Å². The number of hydrogen-bond acceptors (Lipinski definition) is 7. The maximum atomic E-state index is 15.1. The molecule has 2 saturated heterocycles. The summed E-state index contributed by atoms with van der Waals surface area (Å²) in [6.07, 6.45) is 0.893. The smallest absolute Gasteiger partial charge is 0.414 e. The Hall–Kier alpha value is -4.05. The van der Waals surface area contributed by atoms with E-state index in [1.165, 1.54) is 24.1 Å². The number of methoxy groups -OCH3 is 1. The maximum Gasteiger partial charge on any atom is 0.414 e. The molecular formula is C30H32ClFN4O5. The molecule has 3 aromatic rings. The van der Waals surface area contributed by atoms with Crippen LogP contribution < -0.4 is 14.5 Å². The van der Waals surface area contributed by atoms with E-state index >= 15 is 4.39 Å². The van der Waals surface area contributed by atoms with Crippen molar-refractivity contribution in [1.82, 2.24) is 9.88 Å². The molecule has 2 aliphatic rings. The van der Waals surface area contributed by atoms with Gasteiger partial charge in [-0.1, -0.05) is 17.7 Å². The topological polar surface area (TPSA) is 84.4 Å². The summed E-state index contributed by atoms with van der Waals surface area (Å²) >= 11 is 6.55. The highest BCUT2D eigenvalue weighted by Gasteiger charge is 2.28. The quantitative estimate of drug-likeness (QED) is 0.352. The number of ether oxygens (including phenoxy) is 3. The second-order valence-corrected chi connectivity index (χ2v) is 11.2. The van der Waals surface area contributed by atoms with E-state index in [1.54, 1.807) is 35.4 Å². The molecule has 0 unspecified atom stereocenters. The molecule has 0 N–H and O–H groups in total. The SMILES string of the molecule is COc1c(-c2ccnc(N3CCN(C(=O)OC(C)(C)C)CC3)c2)cc(F)cc1-c1ccc(N2CCOC2=O)c(Cl)c1. The van der Waals surface area contributed by atoms with Crippen molar-refractivity contribution in [3.8, 4) is 28.0 Å². The van der Waals surface area contributed by atoms with Crippen LogP contribution in [-0.4, -0.2) is 74.1 Å². The predicted octanol–water partition coefficient (Wildman–Crippen LogP) is 6.23. The maximum absolute atomic E-state index is 15.1. The van der Waals surface area contributed by atoms with Gasteiger partial charge in [0.2, 0.25) is 0 Å². The summed E-state index contributed by atoms with van der Waals surface area (Å²) in [6, 6.07) is 11.7. The summed E-state index contributed by atoms with van der Waals surface area (Å²) in [7, 11) is 1.54. The molecule has 0 bridgehead atoms. The Labute approximate surface area is 243 Å². The zero-order valence-corrected chi connectivity index (χ0v) is 24.2. The van der Waals surface area contributed by atoms with Crippen molar-refractivity contribution in [1.29, 1.82) is 0 Å². The average Bonchev–Trinajstić information content (AvgIpc) is 3.37. The number of cyclic esters (lactones) is 1. The molecule has 0 spiro atoms. The summed E-state index contributed by atoms with van der Waals surface area (Å²) in [4.78, 5) is 34.2. The highest BCUT2D eigenvalue weighted by molar-refractivity contribution is 6.34. The standard InChI is InChI=1S/C30H32ClFN4O5/c1-30(2,3)41-28(37)35-11-9-34(10-12-35)26-16-20(7-8-33-26)23-18-21(32)17-22(27(23)39-4)19-5-6-25(24(31)15-19)36-13-14-40-29(36)38/h5-8,15-18H,9-14H2,1-4H3. The minimum atomic E-state index is -0.553. The Balaban J connectivity index is 1.41. The van der Waals surface area contributed by atoms with Crippen LogP contribution in [0.5, 0.6) is 5.75 Å². The van der Waals surface area contributed by atoms with Crippen LogP contribution in [0.15, 0.2) is 48.7 Å². The lowest BCUT2D eigenvalue weighted by atomic mass is 9.97. The van der Waals surface area contributed by atoms with Crippen molar-refractivity contribution in [3.63, 3.8) is 0 Å². The molecule has 3 heterocycles. The molecule has 2 amide bonds. The van der Waals surface area contributed by atoms with Gasteiger partial charge < -0.3 is 24.0 Å². The third-order valence-corrected chi connectivity index (χ3v) is 7.18. The first kappa shape index (κ1) is 28.5. The molecule has 0 atom stereocenters. The Bertz CT molecular complexity index is 1470. The van der Waals surface area contributed by atoms with Crippen molar-refractivity contribution < 1.29 is 28.2 Å². The summed E-state index contributed by atoms with van der Waals surface area (Å²) in [5.74, 6) is 0.746. The van der Waals surface area contributed by atoms with Crippen LogP contribution in [-0.2, 0) is 9.47 Å². The first-order valence-corrected chi connectivity index (χ1v) is 13.7. The molecule has 41 heavy (non-hydrogen) atoms. The number of nitrogens with zero attached hydrogens (tertiary/aromatic N) is 4. The molecule has 2 fully saturated rings. The van der Waals surface area contributed by atoms with Gasteiger partial charge in [0.15, 0.2) is 0 Å². The van der Waals surface area contributed by atoms with Gasteiger partial charge in [-0.25, -0.2) is 19.0 Å². The number of benzene rings is 2. The molecule has 2 aliphatic heterocycles. The number of hydrogen-bond donors (Lipinski definition) is 0. The van der Waals surface area contributed by atoms with E-state index in [2.05, 4.69) is 9.88 Å². The van der Waals surface area contributed by atoms with E-state index in [-0.39, 0.29) is 6.09 Å². The van der Waals surface area contributed by atoms with Crippen molar-refractivity contribution in [3.05, 3.63) is 59.5 Å². The zero-order chi connectivity index (χ0) is 29.3. The van der Waals surface area contributed by atoms with Gasteiger partial charge in [-0.2, -0.15) is 0 Å². The normalized spacial score (nSPS) is 15.7. The van der Waals surface area contributed by atoms with Gasteiger partial charge in [0, 0.05) is 43.5 Å². The zero-order valence-electron chi connectivity index (χ0n) is 23.4. The number of piperazine rings is 1. The van der Waals surface area contributed by atoms with Crippen LogP contribution in [0.25, 0.3) is 22.3 Å². The highest BCUT2D eigenvalue weighted by atomic mass is 35.5. The number of aromatic nitrogens is 1. The monoisotopic (exact) mass is 582 g/mol.